The number of imidazole rings is 1. The Hall–Kier alpha value is -3.11. The van der Waals surface area contributed by atoms with Gasteiger partial charge in [-0.25, -0.2) is 0 Å². The van der Waals surface area contributed by atoms with Gasteiger partial charge in [0.2, 0.25) is 6.33 Å². The van der Waals surface area contributed by atoms with Crippen molar-refractivity contribution in [2.45, 2.75) is 19.4 Å². The summed E-state index contributed by atoms with van der Waals surface area (Å²) >= 11 is 0. The summed E-state index contributed by atoms with van der Waals surface area (Å²) < 4.78 is 4.20. The van der Waals surface area contributed by atoms with Gasteiger partial charge in [-0.15, -0.1) is 29.8 Å². The zero-order valence-corrected chi connectivity index (χ0v) is 20.0. The number of rotatable bonds is 4. The molecular formula is C28H22AuN2O+. The number of fused-ring (bicyclic) bond motifs is 1. The van der Waals surface area contributed by atoms with Crippen molar-refractivity contribution in [3.8, 4) is 22.6 Å². The Kier molecular flexibility index (Phi) is 6.07. The van der Waals surface area contributed by atoms with Crippen molar-refractivity contribution in [3.63, 3.8) is 0 Å². The fourth-order valence-corrected chi connectivity index (χ4v) is 3.99. The maximum Gasteiger partial charge on any atom is 3.00 e. The smallest absolute Gasteiger partial charge is 0.517 e. The van der Waals surface area contributed by atoms with Gasteiger partial charge in [-0.05, 0) is 19.9 Å². The van der Waals surface area contributed by atoms with Crippen molar-refractivity contribution >= 4 is 11.0 Å². The van der Waals surface area contributed by atoms with Crippen molar-refractivity contribution in [2.75, 3.05) is 0 Å². The molecule has 0 spiro atoms. The maximum absolute atomic E-state index is 10.3. The van der Waals surface area contributed by atoms with Crippen LogP contribution in [-0.4, -0.2) is 9.67 Å². The van der Waals surface area contributed by atoms with Gasteiger partial charge in [-0.2, -0.15) is 30.3 Å². The van der Waals surface area contributed by atoms with Gasteiger partial charge in [0, 0.05) is 0 Å². The molecule has 1 N–H and O–H groups in total. The molecule has 0 bridgehead atoms. The average molecular weight is 599 g/mol. The summed E-state index contributed by atoms with van der Waals surface area (Å²) in [6.45, 7) is 4.32. The molecule has 0 radical (unpaired) electrons. The molecular weight excluding hydrogens is 577 g/mol. The third kappa shape index (κ3) is 3.80. The van der Waals surface area contributed by atoms with Crippen molar-refractivity contribution in [2.24, 2.45) is 0 Å². The molecule has 0 saturated heterocycles. The van der Waals surface area contributed by atoms with Crippen molar-refractivity contribution in [1.29, 1.82) is 0 Å². The van der Waals surface area contributed by atoms with Crippen LogP contribution in [0.2, 0.25) is 0 Å². The van der Waals surface area contributed by atoms with E-state index >= 15 is 0 Å². The molecule has 5 rings (SSSR count). The van der Waals surface area contributed by atoms with E-state index in [0.717, 1.165) is 33.4 Å². The normalized spacial score (nSPS) is 11.3. The molecule has 4 aromatic carbocycles. The van der Waals surface area contributed by atoms with Crippen molar-refractivity contribution in [1.82, 2.24) is 4.57 Å². The number of aromatic nitrogens is 2. The summed E-state index contributed by atoms with van der Waals surface area (Å²) in [6.07, 6.45) is 3.55. The average Bonchev–Trinajstić information content (AvgIpc) is 3.21. The van der Waals surface area contributed by atoms with Crippen LogP contribution in [-0.2, 0) is 27.9 Å². The second-order valence-electron chi connectivity index (χ2n) is 8.06. The predicted octanol–water partition coefficient (Wildman–Crippen LogP) is 5.47. The number of phenols is 1. The molecule has 3 nitrogen and oxygen atoms in total. The van der Waals surface area contributed by atoms with Crippen LogP contribution < -0.4 is 4.57 Å². The maximum atomic E-state index is 10.3. The Morgan fingerprint density at radius 3 is 2.38 bits per heavy atom. The van der Waals surface area contributed by atoms with Crippen molar-refractivity contribution < 1.29 is 32.1 Å². The van der Waals surface area contributed by atoms with E-state index in [4.69, 9.17) is 0 Å². The molecule has 0 aliphatic rings. The van der Waals surface area contributed by atoms with Crippen LogP contribution in [0.1, 0.15) is 19.4 Å². The van der Waals surface area contributed by atoms with Crippen LogP contribution in [0.25, 0.3) is 27.8 Å². The largest absolute Gasteiger partial charge is 3.00 e. The molecule has 0 aliphatic heterocycles. The molecule has 0 unspecified atom stereocenters. The van der Waals surface area contributed by atoms with E-state index in [0.29, 0.717) is 0 Å². The van der Waals surface area contributed by atoms with E-state index in [2.05, 4.69) is 55.1 Å². The van der Waals surface area contributed by atoms with Gasteiger partial charge in [0.05, 0.1) is 22.3 Å². The van der Waals surface area contributed by atoms with Gasteiger partial charge in [-0.3, -0.25) is 0 Å². The number of hydrogen-bond acceptors (Lipinski definition) is 1. The van der Waals surface area contributed by atoms with Gasteiger partial charge < -0.3 is 14.2 Å². The minimum absolute atomic E-state index is 0. The quantitative estimate of drug-likeness (QED) is 0.166. The zero-order valence-electron chi connectivity index (χ0n) is 17.8. The fraction of sp³-hybridized carbons (Fsp3) is 0.107. The summed E-state index contributed by atoms with van der Waals surface area (Å²) in [4.78, 5) is 0. The van der Waals surface area contributed by atoms with E-state index in [-0.39, 0.29) is 28.1 Å². The van der Waals surface area contributed by atoms with Gasteiger partial charge >= 0.3 is 22.4 Å². The predicted molar refractivity (Wildman–Crippen MR) is 122 cm³/mol. The van der Waals surface area contributed by atoms with Crippen LogP contribution in [0.4, 0.5) is 0 Å². The topological polar surface area (TPSA) is 29.0 Å². The fourth-order valence-electron chi connectivity index (χ4n) is 3.99. The Morgan fingerprint density at radius 1 is 0.844 bits per heavy atom. The van der Waals surface area contributed by atoms with Crippen LogP contribution in [0.3, 0.4) is 0 Å². The standard InChI is InChI=1S/C28H22N2O.Au/c1-28(2,22-12-10-11-21(19-22)24-15-6-9-18-27(24)31)30-20-29(23-13-4-3-5-14-23)25-16-7-8-17-26(25)30;/h3-13,15-18,31H,1-2H3;/q-2;+3. The second-order valence-corrected chi connectivity index (χ2v) is 8.06. The molecule has 0 amide bonds. The number of aromatic hydroxyl groups is 1. The number of hydrogen-bond donors (Lipinski definition) is 1. The van der Waals surface area contributed by atoms with E-state index in [9.17, 15) is 5.11 Å². The first-order valence-electron chi connectivity index (χ1n) is 10.3. The molecule has 1 aromatic heterocycles. The van der Waals surface area contributed by atoms with Crippen LogP contribution in [0.5, 0.6) is 5.75 Å². The monoisotopic (exact) mass is 599 g/mol. The summed E-state index contributed by atoms with van der Waals surface area (Å²) in [7, 11) is 0. The van der Waals surface area contributed by atoms with Gasteiger partial charge in [0.25, 0.3) is 0 Å². The third-order valence-corrected chi connectivity index (χ3v) is 5.70. The third-order valence-electron chi connectivity index (χ3n) is 5.70. The number of nitrogens with zero attached hydrogens (tertiary/aromatic N) is 2. The Balaban J connectivity index is 0.00000245. The van der Waals surface area contributed by atoms with Crippen LogP contribution in [0.15, 0.2) is 91.0 Å². The van der Waals surface area contributed by atoms with E-state index in [1.54, 1.807) is 6.07 Å². The van der Waals surface area contributed by atoms with Crippen LogP contribution in [0, 0.1) is 18.5 Å². The summed E-state index contributed by atoms with van der Waals surface area (Å²) in [5.74, 6) is 0.254. The molecule has 4 heteroatoms. The first-order chi connectivity index (χ1) is 15.1. The molecule has 160 valence electrons. The second kappa shape index (κ2) is 8.79. The van der Waals surface area contributed by atoms with E-state index in [1.807, 2.05) is 71.3 Å². The van der Waals surface area contributed by atoms with Gasteiger partial charge in [-0.1, -0.05) is 59.3 Å². The Bertz CT molecular complexity index is 1370. The molecule has 0 atom stereocenters. The zero-order chi connectivity index (χ0) is 21.4. The molecule has 0 saturated carbocycles. The molecule has 0 fully saturated rings. The van der Waals surface area contributed by atoms with Gasteiger partial charge in [0.15, 0.2) is 0 Å². The minimum atomic E-state index is -0.431. The van der Waals surface area contributed by atoms with E-state index in [1.165, 1.54) is 0 Å². The first kappa shape index (κ1) is 22.1. The summed E-state index contributed by atoms with van der Waals surface area (Å²) in [6, 6.07) is 36.5. The van der Waals surface area contributed by atoms with E-state index < -0.39 is 5.54 Å². The number of benzene rings is 4. The number of para-hydroxylation sites is 4. The molecule has 5 aromatic rings. The minimum Gasteiger partial charge on any atom is -0.517 e. The van der Waals surface area contributed by atoms with Crippen LogP contribution >= 0.6 is 0 Å². The summed E-state index contributed by atoms with van der Waals surface area (Å²) in [5.41, 5.74) is 5.30. The van der Waals surface area contributed by atoms with Gasteiger partial charge in [0.1, 0.15) is 0 Å². The summed E-state index contributed by atoms with van der Waals surface area (Å²) in [5, 5.41) is 10.3. The SMILES string of the molecule is CC(C)(c1[c-]c(-c2ccccc2O)ccc1)[n+]1[c-]n(-c2[c-]cccc2)c2ccccc21.[Au+3]. The molecule has 32 heavy (non-hydrogen) atoms. The molecule has 0 aliphatic carbocycles. The first-order valence-corrected chi connectivity index (χ1v) is 10.3. The number of phenolic OH excluding ortho intramolecular Hbond substituents is 1. The van der Waals surface area contributed by atoms with Crippen molar-refractivity contribution in [3.05, 3.63) is 115 Å². The Morgan fingerprint density at radius 2 is 1.59 bits per heavy atom. The molecule has 1 heterocycles. The Labute approximate surface area is 204 Å².